The lowest BCUT2D eigenvalue weighted by atomic mass is 10.1. The highest BCUT2D eigenvalue weighted by Crippen LogP contribution is 2.35. The van der Waals surface area contributed by atoms with Gasteiger partial charge in [-0.25, -0.2) is 10.5 Å². The van der Waals surface area contributed by atoms with E-state index in [1.54, 1.807) is 17.6 Å². The Labute approximate surface area is 143 Å². The van der Waals surface area contributed by atoms with E-state index in [-0.39, 0.29) is 11.6 Å². The number of benzene rings is 2. The van der Waals surface area contributed by atoms with Crippen molar-refractivity contribution in [3.05, 3.63) is 75.8 Å². The van der Waals surface area contributed by atoms with Crippen molar-refractivity contribution in [3.63, 3.8) is 0 Å². The van der Waals surface area contributed by atoms with Gasteiger partial charge >= 0.3 is 0 Å². The highest BCUT2D eigenvalue weighted by atomic mass is 16.5. The van der Waals surface area contributed by atoms with Gasteiger partial charge in [-0.05, 0) is 42.7 Å². The Kier molecular flexibility index (Phi) is 3.82. The first-order valence-corrected chi connectivity index (χ1v) is 8.21. The number of nitrogens with one attached hydrogen (secondary N) is 1. The SMILES string of the molecule is O=C(NO)c1ccc(Cc2nc3ccccc3c(=O)n2C2CC2)cc1. The number of hydroxylamine groups is 1. The van der Waals surface area contributed by atoms with Crippen molar-refractivity contribution in [3.8, 4) is 0 Å². The van der Waals surface area contributed by atoms with Crippen LogP contribution in [0.15, 0.2) is 53.3 Å². The van der Waals surface area contributed by atoms with Crippen molar-refractivity contribution in [1.29, 1.82) is 0 Å². The van der Waals surface area contributed by atoms with Gasteiger partial charge in [0.05, 0.1) is 10.9 Å². The van der Waals surface area contributed by atoms with Crippen LogP contribution >= 0.6 is 0 Å². The number of hydrogen-bond donors (Lipinski definition) is 2. The maximum atomic E-state index is 12.8. The molecule has 0 radical (unpaired) electrons. The van der Waals surface area contributed by atoms with Crippen molar-refractivity contribution in [2.24, 2.45) is 0 Å². The van der Waals surface area contributed by atoms with Crippen LogP contribution in [0.3, 0.4) is 0 Å². The van der Waals surface area contributed by atoms with Gasteiger partial charge in [0, 0.05) is 18.0 Å². The average Bonchev–Trinajstić information content (AvgIpc) is 3.47. The molecule has 0 atom stereocenters. The second-order valence-corrected chi connectivity index (χ2v) is 6.27. The van der Waals surface area contributed by atoms with Crippen LogP contribution in [0.25, 0.3) is 10.9 Å². The third-order valence-corrected chi connectivity index (χ3v) is 4.47. The smallest absolute Gasteiger partial charge is 0.274 e. The number of rotatable bonds is 4. The predicted octanol–water partition coefficient (Wildman–Crippen LogP) is 2.44. The number of aromatic nitrogens is 2. The van der Waals surface area contributed by atoms with Crippen LogP contribution in [0.2, 0.25) is 0 Å². The largest absolute Gasteiger partial charge is 0.293 e. The Morgan fingerprint density at radius 2 is 1.88 bits per heavy atom. The Morgan fingerprint density at radius 3 is 2.56 bits per heavy atom. The van der Waals surface area contributed by atoms with E-state index in [0.29, 0.717) is 22.9 Å². The Hall–Kier alpha value is -2.99. The molecular weight excluding hydrogens is 318 g/mol. The lowest BCUT2D eigenvalue weighted by Crippen LogP contribution is -2.24. The van der Waals surface area contributed by atoms with Crippen molar-refractivity contribution in [2.45, 2.75) is 25.3 Å². The van der Waals surface area contributed by atoms with Crippen molar-refractivity contribution in [2.75, 3.05) is 0 Å². The minimum Gasteiger partial charge on any atom is -0.293 e. The second-order valence-electron chi connectivity index (χ2n) is 6.27. The van der Waals surface area contributed by atoms with Crippen LogP contribution in [-0.2, 0) is 6.42 Å². The van der Waals surface area contributed by atoms with E-state index in [0.717, 1.165) is 24.2 Å². The van der Waals surface area contributed by atoms with Gasteiger partial charge in [0.1, 0.15) is 5.82 Å². The molecule has 0 unspecified atom stereocenters. The molecule has 4 rings (SSSR count). The molecule has 2 N–H and O–H groups in total. The third kappa shape index (κ3) is 2.92. The molecule has 0 aliphatic heterocycles. The van der Waals surface area contributed by atoms with Crippen LogP contribution in [0.4, 0.5) is 0 Å². The molecule has 1 aliphatic rings. The van der Waals surface area contributed by atoms with Crippen molar-refractivity contribution < 1.29 is 10.0 Å². The van der Waals surface area contributed by atoms with Crippen molar-refractivity contribution >= 4 is 16.8 Å². The third-order valence-electron chi connectivity index (χ3n) is 4.47. The van der Waals surface area contributed by atoms with Crippen LogP contribution in [0, 0.1) is 0 Å². The van der Waals surface area contributed by atoms with E-state index in [4.69, 9.17) is 10.2 Å². The number of amides is 1. The van der Waals surface area contributed by atoms with Gasteiger partial charge < -0.3 is 0 Å². The maximum Gasteiger partial charge on any atom is 0.274 e. The van der Waals surface area contributed by atoms with Gasteiger partial charge in [0.2, 0.25) is 0 Å². The number of nitrogens with zero attached hydrogens (tertiary/aromatic N) is 2. The van der Waals surface area contributed by atoms with Gasteiger partial charge in [0.15, 0.2) is 0 Å². The first kappa shape index (κ1) is 15.5. The fourth-order valence-electron chi connectivity index (χ4n) is 3.05. The van der Waals surface area contributed by atoms with Crippen LogP contribution in [0.5, 0.6) is 0 Å². The monoisotopic (exact) mass is 335 g/mol. The van der Waals surface area contributed by atoms with E-state index < -0.39 is 5.91 Å². The normalized spacial score (nSPS) is 13.8. The Morgan fingerprint density at radius 1 is 1.16 bits per heavy atom. The van der Waals surface area contributed by atoms with Gasteiger partial charge in [-0.1, -0.05) is 24.3 Å². The van der Waals surface area contributed by atoms with E-state index in [1.807, 2.05) is 41.0 Å². The molecule has 2 aromatic carbocycles. The molecule has 0 bridgehead atoms. The second kappa shape index (κ2) is 6.14. The van der Waals surface area contributed by atoms with Crippen LogP contribution < -0.4 is 11.0 Å². The zero-order valence-electron chi connectivity index (χ0n) is 13.5. The molecule has 6 heteroatoms. The van der Waals surface area contributed by atoms with E-state index in [2.05, 4.69) is 0 Å². The van der Waals surface area contributed by atoms with Crippen LogP contribution in [-0.4, -0.2) is 20.7 Å². The summed E-state index contributed by atoms with van der Waals surface area (Å²) in [4.78, 5) is 29.0. The molecule has 0 saturated heterocycles. The molecule has 6 nitrogen and oxygen atoms in total. The Bertz CT molecular complexity index is 1000. The fraction of sp³-hybridized carbons (Fsp3) is 0.211. The predicted molar refractivity (Wildman–Crippen MR) is 92.8 cm³/mol. The zero-order valence-corrected chi connectivity index (χ0v) is 13.5. The van der Waals surface area contributed by atoms with E-state index >= 15 is 0 Å². The molecule has 3 aromatic rings. The molecule has 25 heavy (non-hydrogen) atoms. The molecule has 126 valence electrons. The summed E-state index contributed by atoms with van der Waals surface area (Å²) in [7, 11) is 0. The standard InChI is InChI=1S/C19H17N3O3/c23-18(21-25)13-7-5-12(6-8-13)11-17-20-16-4-2-1-3-15(16)19(24)22(17)14-9-10-14/h1-8,14,25H,9-11H2,(H,21,23). The van der Waals surface area contributed by atoms with Gasteiger partial charge in [-0.3, -0.25) is 19.4 Å². The lowest BCUT2D eigenvalue weighted by molar-refractivity contribution is 0.0706. The molecule has 1 amide bonds. The quantitative estimate of drug-likeness (QED) is 0.566. The van der Waals surface area contributed by atoms with Crippen LogP contribution in [0.1, 0.15) is 40.6 Å². The first-order chi connectivity index (χ1) is 12.2. The van der Waals surface area contributed by atoms with Gasteiger partial charge in [0.25, 0.3) is 11.5 Å². The summed E-state index contributed by atoms with van der Waals surface area (Å²) in [6.07, 6.45) is 2.52. The minimum atomic E-state index is -0.551. The number of para-hydroxylation sites is 1. The molecule has 0 spiro atoms. The number of carbonyl (C=O) groups is 1. The molecule has 1 aromatic heterocycles. The van der Waals surface area contributed by atoms with Gasteiger partial charge in [-0.2, -0.15) is 0 Å². The summed E-state index contributed by atoms with van der Waals surface area (Å²) in [5.41, 5.74) is 3.65. The summed E-state index contributed by atoms with van der Waals surface area (Å²) >= 11 is 0. The number of hydrogen-bond acceptors (Lipinski definition) is 4. The van der Waals surface area contributed by atoms with Gasteiger partial charge in [-0.15, -0.1) is 0 Å². The van der Waals surface area contributed by atoms with Crippen molar-refractivity contribution in [1.82, 2.24) is 15.0 Å². The Balaban J connectivity index is 1.75. The van der Waals surface area contributed by atoms with E-state index in [9.17, 15) is 9.59 Å². The topological polar surface area (TPSA) is 84.2 Å². The summed E-state index contributed by atoms with van der Waals surface area (Å²) in [5.74, 6) is 0.191. The molecule has 1 fully saturated rings. The summed E-state index contributed by atoms with van der Waals surface area (Å²) < 4.78 is 1.82. The maximum absolute atomic E-state index is 12.8. The fourth-order valence-corrected chi connectivity index (χ4v) is 3.05. The lowest BCUT2D eigenvalue weighted by Gasteiger charge is -2.13. The summed E-state index contributed by atoms with van der Waals surface area (Å²) in [5, 5.41) is 9.33. The highest BCUT2D eigenvalue weighted by Gasteiger charge is 2.28. The zero-order chi connectivity index (χ0) is 17.4. The summed E-state index contributed by atoms with van der Waals surface area (Å²) in [6, 6.07) is 14.5. The average molecular weight is 335 g/mol. The molecular formula is C19H17N3O3. The number of carbonyl (C=O) groups excluding carboxylic acids is 1. The number of fused-ring (bicyclic) bond motifs is 1. The highest BCUT2D eigenvalue weighted by molar-refractivity contribution is 5.93. The molecule has 1 heterocycles. The summed E-state index contributed by atoms with van der Waals surface area (Å²) in [6.45, 7) is 0. The minimum absolute atomic E-state index is 0.0133. The first-order valence-electron chi connectivity index (χ1n) is 8.21. The van der Waals surface area contributed by atoms with E-state index in [1.165, 1.54) is 0 Å². The molecule has 1 aliphatic carbocycles. The molecule has 1 saturated carbocycles.